The fraction of sp³-hybridized carbons (Fsp3) is 0.250. The molecule has 0 aromatic carbocycles. The molecule has 0 aliphatic rings. The third kappa shape index (κ3) is 2.95. The molecule has 0 fully saturated rings. The molecule has 0 atom stereocenters. The molecule has 0 unspecified atom stereocenters. The number of allylic oxidation sites excluding steroid dienone is 1. The number of halogens is 3. The van der Waals surface area contributed by atoms with Crippen LogP contribution in [0.2, 0.25) is 0 Å². The SMILES string of the molecule is N=C(N)/C=C(/O)C(F)(F)F. The average Bonchev–Trinajstić information content (AvgIpc) is 1.60. The molecule has 0 aromatic heterocycles. The van der Waals surface area contributed by atoms with E-state index in [0.717, 1.165) is 0 Å². The predicted molar refractivity (Wildman–Crippen MR) is 28.7 cm³/mol. The van der Waals surface area contributed by atoms with Crippen molar-refractivity contribution >= 4 is 5.84 Å². The lowest BCUT2D eigenvalue weighted by atomic mass is 10.4. The largest absolute Gasteiger partial charge is 0.504 e. The van der Waals surface area contributed by atoms with Crippen molar-refractivity contribution in [3.63, 3.8) is 0 Å². The summed E-state index contributed by atoms with van der Waals surface area (Å²) in [6.07, 6.45) is -4.69. The van der Waals surface area contributed by atoms with Crippen molar-refractivity contribution in [2.24, 2.45) is 5.73 Å². The minimum atomic E-state index is -4.81. The van der Waals surface area contributed by atoms with Crippen molar-refractivity contribution in [1.82, 2.24) is 0 Å². The summed E-state index contributed by atoms with van der Waals surface area (Å²) in [5.41, 5.74) is 4.54. The first-order valence-electron chi connectivity index (χ1n) is 2.16. The Hall–Kier alpha value is -1.20. The van der Waals surface area contributed by atoms with E-state index in [9.17, 15) is 13.2 Å². The monoisotopic (exact) mass is 154 g/mol. The zero-order valence-corrected chi connectivity index (χ0v) is 4.74. The molecule has 0 heterocycles. The van der Waals surface area contributed by atoms with Crippen molar-refractivity contribution < 1.29 is 18.3 Å². The van der Waals surface area contributed by atoms with E-state index in [1.807, 2.05) is 0 Å². The number of hydrogen-bond donors (Lipinski definition) is 3. The molecule has 4 N–H and O–H groups in total. The third-order valence-corrected chi connectivity index (χ3v) is 0.583. The van der Waals surface area contributed by atoms with Crippen LogP contribution in [0.3, 0.4) is 0 Å². The molecule has 0 rings (SSSR count). The van der Waals surface area contributed by atoms with Gasteiger partial charge < -0.3 is 10.8 Å². The smallest absolute Gasteiger partial charge is 0.448 e. The van der Waals surface area contributed by atoms with E-state index in [1.54, 1.807) is 0 Å². The van der Waals surface area contributed by atoms with Gasteiger partial charge in [-0.1, -0.05) is 0 Å². The van der Waals surface area contributed by atoms with Crippen molar-refractivity contribution in [2.45, 2.75) is 6.18 Å². The number of nitrogens with two attached hydrogens (primary N) is 1. The van der Waals surface area contributed by atoms with Gasteiger partial charge in [-0.15, -0.1) is 0 Å². The molecule has 58 valence electrons. The van der Waals surface area contributed by atoms with Crippen molar-refractivity contribution in [1.29, 1.82) is 5.41 Å². The van der Waals surface area contributed by atoms with E-state index in [1.165, 1.54) is 0 Å². The lowest BCUT2D eigenvalue weighted by Gasteiger charge is -2.02. The zero-order chi connectivity index (χ0) is 8.36. The number of aliphatic hydroxyl groups excluding tert-OH is 1. The number of hydrogen-bond acceptors (Lipinski definition) is 2. The van der Waals surface area contributed by atoms with Crippen LogP contribution in [0.5, 0.6) is 0 Å². The van der Waals surface area contributed by atoms with Gasteiger partial charge >= 0.3 is 6.18 Å². The Labute approximate surface area is 54.5 Å². The van der Waals surface area contributed by atoms with Crippen LogP contribution < -0.4 is 5.73 Å². The maximum atomic E-state index is 11.3. The minimum Gasteiger partial charge on any atom is -0.504 e. The molecule has 10 heavy (non-hydrogen) atoms. The van der Waals surface area contributed by atoms with Gasteiger partial charge in [-0.3, -0.25) is 5.41 Å². The van der Waals surface area contributed by atoms with Gasteiger partial charge in [0.05, 0.1) is 0 Å². The quantitative estimate of drug-likeness (QED) is 0.298. The van der Waals surface area contributed by atoms with Crippen molar-refractivity contribution in [2.75, 3.05) is 0 Å². The van der Waals surface area contributed by atoms with Gasteiger partial charge in [0, 0.05) is 6.08 Å². The summed E-state index contributed by atoms with van der Waals surface area (Å²) >= 11 is 0. The van der Waals surface area contributed by atoms with Gasteiger partial charge in [0.1, 0.15) is 5.84 Å². The number of alkyl halides is 3. The highest BCUT2D eigenvalue weighted by molar-refractivity contribution is 5.88. The second-order valence-corrected chi connectivity index (χ2v) is 1.48. The van der Waals surface area contributed by atoms with Gasteiger partial charge in [-0.25, -0.2) is 0 Å². The fourth-order valence-corrected chi connectivity index (χ4v) is 0.229. The van der Waals surface area contributed by atoms with E-state index >= 15 is 0 Å². The van der Waals surface area contributed by atoms with E-state index in [2.05, 4.69) is 5.73 Å². The molecular formula is C4H5F3N2O. The number of nitrogens with one attached hydrogen (secondary N) is 1. The van der Waals surface area contributed by atoms with Crippen LogP contribution in [-0.4, -0.2) is 17.1 Å². The molecule has 0 aromatic rings. The molecule has 6 heteroatoms. The summed E-state index contributed by atoms with van der Waals surface area (Å²) in [4.78, 5) is 0. The molecular weight excluding hydrogens is 149 g/mol. The van der Waals surface area contributed by atoms with E-state index in [-0.39, 0.29) is 6.08 Å². The Morgan fingerprint density at radius 3 is 2.00 bits per heavy atom. The molecule has 0 saturated carbocycles. The first-order valence-corrected chi connectivity index (χ1v) is 2.16. The molecule has 0 saturated heterocycles. The van der Waals surface area contributed by atoms with Crippen LogP contribution >= 0.6 is 0 Å². The Morgan fingerprint density at radius 2 is 1.90 bits per heavy atom. The molecule has 0 spiro atoms. The highest BCUT2D eigenvalue weighted by Crippen LogP contribution is 2.22. The molecule has 0 radical (unpaired) electrons. The first kappa shape index (κ1) is 8.80. The number of aliphatic hydroxyl groups is 1. The topological polar surface area (TPSA) is 70.1 Å². The lowest BCUT2D eigenvalue weighted by molar-refractivity contribution is -0.120. The van der Waals surface area contributed by atoms with Crippen LogP contribution in [0.25, 0.3) is 0 Å². The maximum Gasteiger partial charge on any atom is 0.448 e. The Bertz CT molecular complexity index is 172. The Kier molecular flexibility index (Phi) is 2.28. The maximum absolute atomic E-state index is 11.3. The van der Waals surface area contributed by atoms with Crippen LogP contribution in [0.1, 0.15) is 0 Å². The summed E-state index contributed by atoms with van der Waals surface area (Å²) in [6.45, 7) is 0. The second kappa shape index (κ2) is 2.59. The summed E-state index contributed by atoms with van der Waals surface area (Å²) in [5, 5.41) is 14.4. The molecule has 3 nitrogen and oxygen atoms in total. The molecule has 0 aliphatic carbocycles. The molecule has 0 aliphatic heterocycles. The Balaban J connectivity index is 4.35. The van der Waals surface area contributed by atoms with E-state index < -0.39 is 17.8 Å². The van der Waals surface area contributed by atoms with E-state index in [4.69, 9.17) is 10.5 Å². The van der Waals surface area contributed by atoms with Gasteiger partial charge in [-0.2, -0.15) is 13.2 Å². The highest BCUT2D eigenvalue weighted by Gasteiger charge is 2.33. The Morgan fingerprint density at radius 1 is 1.50 bits per heavy atom. The van der Waals surface area contributed by atoms with Gasteiger partial charge in [0.15, 0.2) is 0 Å². The van der Waals surface area contributed by atoms with Gasteiger partial charge in [0.25, 0.3) is 0 Å². The van der Waals surface area contributed by atoms with Crippen LogP contribution in [0.4, 0.5) is 13.2 Å². The normalized spacial score (nSPS) is 13.3. The van der Waals surface area contributed by atoms with E-state index in [0.29, 0.717) is 0 Å². The summed E-state index contributed by atoms with van der Waals surface area (Å²) in [7, 11) is 0. The third-order valence-electron chi connectivity index (χ3n) is 0.583. The van der Waals surface area contributed by atoms with Crippen LogP contribution in [-0.2, 0) is 0 Å². The number of rotatable bonds is 1. The lowest BCUT2D eigenvalue weighted by Crippen LogP contribution is -2.15. The summed E-state index contributed by atoms with van der Waals surface area (Å²) in [5.74, 6) is -2.70. The van der Waals surface area contributed by atoms with Gasteiger partial charge in [0.2, 0.25) is 5.76 Å². The molecule has 0 amide bonds. The van der Waals surface area contributed by atoms with Gasteiger partial charge in [-0.05, 0) is 0 Å². The van der Waals surface area contributed by atoms with Crippen molar-refractivity contribution in [3.05, 3.63) is 11.8 Å². The minimum absolute atomic E-state index is 0.125. The number of amidine groups is 1. The first-order chi connectivity index (χ1) is 4.34. The summed E-state index contributed by atoms with van der Waals surface area (Å²) < 4.78 is 34.0. The average molecular weight is 154 g/mol. The second-order valence-electron chi connectivity index (χ2n) is 1.48. The van der Waals surface area contributed by atoms with Crippen LogP contribution in [0, 0.1) is 5.41 Å². The molecule has 0 bridgehead atoms. The predicted octanol–water partition coefficient (Wildman–Crippen LogP) is 0.927. The standard InChI is InChI=1S/C4H5F3N2O/c5-4(6,7)2(10)1-3(8)9/h1,10H,(H3,8,9)/b2-1+. The van der Waals surface area contributed by atoms with Crippen LogP contribution in [0.15, 0.2) is 11.8 Å². The fourth-order valence-electron chi connectivity index (χ4n) is 0.229. The van der Waals surface area contributed by atoms with Crippen molar-refractivity contribution in [3.8, 4) is 0 Å². The highest BCUT2D eigenvalue weighted by atomic mass is 19.4. The zero-order valence-electron chi connectivity index (χ0n) is 4.74. The summed E-state index contributed by atoms with van der Waals surface area (Å²) in [6, 6.07) is 0.